The Kier molecular flexibility index (Phi) is 11.1. The van der Waals surface area contributed by atoms with Gasteiger partial charge < -0.3 is 14.3 Å². The van der Waals surface area contributed by atoms with E-state index >= 15 is 4.39 Å². The SMILES string of the molecule is COc1cc(S(=O)(=O)N(c2ccc(C=C(C)c3c(F)cccc3Cl)cc2F)[C@H](C)[C@@H](O)CO[Si](C)(C)C(C)(C)C)ccc1F. The smallest absolute Gasteiger partial charge is 0.264 e. The van der Waals surface area contributed by atoms with Crippen LogP contribution in [-0.2, 0) is 14.4 Å². The van der Waals surface area contributed by atoms with Gasteiger partial charge in [-0.05, 0) is 79.5 Å². The number of anilines is 1. The number of benzene rings is 3. The van der Waals surface area contributed by atoms with Crippen molar-refractivity contribution in [1.82, 2.24) is 0 Å². The first-order chi connectivity index (χ1) is 20.3. The van der Waals surface area contributed by atoms with E-state index in [0.717, 1.165) is 28.6 Å². The molecular weight excluding hydrogens is 631 g/mol. The number of allylic oxidation sites excluding steroid dienone is 1. The molecule has 3 aromatic rings. The van der Waals surface area contributed by atoms with E-state index in [0.29, 0.717) is 11.1 Å². The molecule has 0 aromatic heterocycles. The van der Waals surface area contributed by atoms with Gasteiger partial charge in [-0.15, -0.1) is 0 Å². The number of hydrogen-bond acceptors (Lipinski definition) is 5. The van der Waals surface area contributed by atoms with Crippen LogP contribution in [0.25, 0.3) is 11.6 Å². The molecule has 0 unspecified atom stereocenters. The Morgan fingerprint density at radius 3 is 2.27 bits per heavy atom. The van der Waals surface area contributed by atoms with Gasteiger partial charge in [0.1, 0.15) is 11.6 Å². The number of aliphatic hydroxyl groups excluding tert-OH is 1. The molecule has 0 spiro atoms. The summed E-state index contributed by atoms with van der Waals surface area (Å²) in [7, 11) is -5.72. The molecule has 0 saturated carbocycles. The molecule has 0 heterocycles. The van der Waals surface area contributed by atoms with Crippen LogP contribution in [0.3, 0.4) is 0 Å². The van der Waals surface area contributed by atoms with Gasteiger partial charge in [-0.2, -0.15) is 0 Å². The van der Waals surface area contributed by atoms with Gasteiger partial charge in [-0.25, -0.2) is 21.6 Å². The number of hydrogen-bond donors (Lipinski definition) is 1. The van der Waals surface area contributed by atoms with Gasteiger partial charge >= 0.3 is 0 Å². The molecule has 240 valence electrons. The van der Waals surface area contributed by atoms with Crippen LogP contribution in [0.2, 0.25) is 23.2 Å². The van der Waals surface area contributed by atoms with Crippen molar-refractivity contribution in [2.24, 2.45) is 0 Å². The molecule has 0 fully saturated rings. The van der Waals surface area contributed by atoms with Crippen LogP contribution in [0.4, 0.5) is 18.9 Å². The lowest BCUT2D eigenvalue weighted by Gasteiger charge is -2.39. The second kappa shape index (κ2) is 13.7. The highest BCUT2D eigenvalue weighted by Gasteiger charge is 2.40. The monoisotopic (exact) mass is 669 g/mol. The highest BCUT2D eigenvalue weighted by Crippen LogP contribution is 2.38. The lowest BCUT2D eigenvalue weighted by Crippen LogP contribution is -2.50. The van der Waals surface area contributed by atoms with Crippen LogP contribution in [0.15, 0.2) is 59.5 Å². The highest BCUT2D eigenvalue weighted by molar-refractivity contribution is 7.92. The summed E-state index contributed by atoms with van der Waals surface area (Å²) in [5.41, 5.74) is 0.547. The lowest BCUT2D eigenvalue weighted by molar-refractivity contribution is 0.0845. The van der Waals surface area contributed by atoms with Gasteiger partial charge in [0, 0.05) is 11.6 Å². The number of nitrogens with zero attached hydrogens (tertiary/aromatic N) is 1. The van der Waals surface area contributed by atoms with E-state index in [9.17, 15) is 22.3 Å². The maximum Gasteiger partial charge on any atom is 0.264 e. The third kappa shape index (κ3) is 7.68. The molecule has 2 atom stereocenters. The van der Waals surface area contributed by atoms with Crippen molar-refractivity contribution in [2.75, 3.05) is 18.0 Å². The molecule has 3 rings (SSSR count). The molecule has 44 heavy (non-hydrogen) atoms. The van der Waals surface area contributed by atoms with Crippen molar-refractivity contribution in [2.45, 2.75) is 69.8 Å². The van der Waals surface area contributed by atoms with E-state index in [1.807, 2.05) is 33.9 Å². The van der Waals surface area contributed by atoms with Crippen molar-refractivity contribution in [3.05, 3.63) is 88.2 Å². The third-order valence-corrected chi connectivity index (χ3v) is 14.7. The molecule has 0 amide bonds. The van der Waals surface area contributed by atoms with Crippen molar-refractivity contribution >= 4 is 47.3 Å². The summed E-state index contributed by atoms with van der Waals surface area (Å²) < 4.78 is 84.5. The van der Waals surface area contributed by atoms with Crippen LogP contribution < -0.4 is 9.04 Å². The normalized spacial score (nSPS) is 14.3. The van der Waals surface area contributed by atoms with Crippen LogP contribution in [0, 0.1) is 17.5 Å². The van der Waals surface area contributed by atoms with E-state index in [1.165, 1.54) is 50.4 Å². The second-order valence-corrected chi connectivity index (χ2v) is 19.1. The van der Waals surface area contributed by atoms with E-state index in [2.05, 4.69) is 0 Å². The number of methoxy groups -OCH3 is 1. The molecule has 6 nitrogen and oxygen atoms in total. The first-order valence-corrected chi connectivity index (χ1v) is 18.7. The van der Waals surface area contributed by atoms with Crippen LogP contribution >= 0.6 is 11.6 Å². The Morgan fingerprint density at radius 1 is 1.05 bits per heavy atom. The van der Waals surface area contributed by atoms with Gasteiger partial charge in [0.05, 0.1) is 41.5 Å². The first kappa shape index (κ1) is 35.6. The van der Waals surface area contributed by atoms with Crippen LogP contribution in [0.5, 0.6) is 5.75 Å². The second-order valence-electron chi connectivity index (χ2n) is 12.1. The molecule has 0 aliphatic carbocycles. The predicted octanol–water partition coefficient (Wildman–Crippen LogP) is 8.29. The largest absolute Gasteiger partial charge is 0.494 e. The molecule has 0 saturated heterocycles. The highest BCUT2D eigenvalue weighted by atomic mass is 35.5. The quantitative estimate of drug-likeness (QED) is 0.164. The Morgan fingerprint density at radius 2 is 1.70 bits per heavy atom. The fourth-order valence-corrected chi connectivity index (χ4v) is 7.32. The zero-order chi connectivity index (χ0) is 33.2. The maximum absolute atomic E-state index is 15.9. The van der Waals surface area contributed by atoms with Gasteiger partial charge in [0.25, 0.3) is 10.0 Å². The van der Waals surface area contributed by atoms with E-state index in [1.54, 1.807) is 6.92 Å². The Labute approximate surface area is 264 Å². The molecule has 0 bridgehead atoms. The Bertz CT molecular complexity index is 1620. The first-order valence-electron chi connectivity index (χ1n) is 13.9. The van der Waals surface area contributed by atoms with Crippen molar-refractivity contribution in [3.63, 3.8) is 0 Å². The molecule has 0 radical (unpaired) electrons. The number of rotatable bonds is 11. The van der Waals surface area contributed by atoms with Crippen LogP contribution in [0.1, 0.15) is 45.7 Å². The van der Waals surface area contributed by atoms with E-state index in [-0.39, 0.29) is 38.6 Å². The van der Waals surface area contributed by atoms with Crippen molar-refractivity contribution in [3.8, 4) is 5.75 Å². The minimum absolute atomic E-state index is 0.159. The van der Waals surface area contributed by atoms with Gasteiger partial charge in [0.2, 0.25) is 0 Å². The average Bonchev–Trinajstić information content (AvgIpc) is 2.92. The third-order valence-electron chi connectivity index (χ3n) is 7.98. The summed E-state index contributed by atoms with van der Waals surface area (Å²) in [4.78, 5) is -0.367. The van der Waals surface area contributed by atoms with E-state index in [4.69, 9.17) is 20.8 Å². The number of sulfonamides is 1. The zero-order valence-corrected chi connectivity index (χ0v) is 28.7. The topological polar surface area (TPSA) is 76.1 Å². The molecule has 3 aromatic carbocycles. The summed E-state index contributed by atoms with van der Waals surface area (Å²) in [6, 6.07) is 9.87. The summed E-state index contributed by atoms with van der Waals surface area (Å²) in [6.45, 7) is 12.9. The summed E-state index contributed by atoms with van der Waals surface area (Å²) in [5.74, 6) is -2.56. The van der Waals surface area contributed by atoms with Crippen molar-refractivity contribution < 1.29 is 35.9 Å². The zero-order valence-electron chi connectivity index (χ0n) is 26.1. The summed E-state index contributed by atoms with van der Waals surface area (Å²) in [6.07, 6.45) is 0.164. The summed E-state index contributed by atoms with van der Waals surface area (Å²) in [5, 5.41) is 11.2. The molecule has 0 aliphatic heterocycles. The number of aliphatic hydroxyl groups is 1. The molecule has 0 aliphatic rings. The lowest BCUT2D eigenvalue weighted by atomic mass is 10.0. The average molecular weight is 670 g/mol. The molecule has 12 heteroatoms. The van der Waals surface area contributed by atoms with Crippen LogP contribution in [-0.4, -0.2) is 47.7 Å². The van der Waals surface area contributed by atoms with Gasteiger partial charge in [0.15, 0.2) is 19.9 Å². The summed E-state index contributed by atoms with van der Waals surface area (Å²) >= 11 is 6.18. The fourth-order valence-electron chi connectivity index (χ4n) is 4.28. The number of ether oxygens (including phenoxy) is 1. The maximum atomic E-state index is 15.9. The fraction of sp³-hybridized carbons (Fsp3) is 0.375. The Hall–Kier alpha value is -2.83. The Balaban J connectivity index is 2.10. The standard InChI is InChI=1S/C32H39ClF3NO5SSi/c1-20(31-24(33)10-9-11-26(31)35)16-22-12-15-28(27(36)17-22)37(21(2)29(38)19-42-44(7,8)32(3,4)5)43(39,40)23-13-14-25(34)30(18-23)41-6/h9-18,21,29,38H,19H2,1-8H3/t21-,29+/m1/s1. The minimum atomic E-state index is -4.58. The van der Waals surface area contributed by atoms with Gasteiger partial charge in [-0.1, -0.05) is 50.6 Å². The van der Waals surface area contributed by atoms with E-state index < -0.39 is 47.9 Å². The van der Waals surface area contributed by atoms with Crippen molar-refractivity contribution in [1.29, 1.82) is 0 Å². The molecular formula is C32H39ClF3NO5SSi. The predicted molar refractivity (Wildman–Crippen MR) is 173 cm³/mol. The minimum Gasteiger partial charge on any atom is -0.494 e. The molecule has 1 N–H and O–H groups in total. The van der Waals surface area contributed by atoms with Gasteiger partial charge in [-0.3, -0.25) is 4.31 Å². The number of halogens is 4.